The van der Waals surface area contributed by atoms with E-state index in [1.165, 1.54) is 6.42 Å². The Balaban J connectivity index is 1.29. The van der Waals surface area contributed by atoms with Crippen molar-refractivity contribution in [1.29, 1.82) is 0 Å². The molecule has 1 saturated carbocycles. The van der Waals surface area contributed by atoms with Crippen LogP contribution in [0.1, 0.15) is 55.7 Å². The molecule has 34 heavy (non-hydrogen) atoms. The third-order valence-electron chi connectivity index (χ3n) is 7.62. The summed E-state index contributed by atoms with van der Waals surface area (Å²) in [5, 5.41) is 6.25. The molecule has 1 aliphatic carbocycles. The summed E-state index contributed by atoms with van der Waals surface area (Å²) in [6.07, 6.45) is 6.97. The lowest BCUT2D eigenvalue weighted by atomic mass is 9.83. The van der Waals surface area contributed by atoms with Crippen LogP contribution in [-0.4, -0.2) is 46.6 Å². The minimum absolute atomic E-state index is 0.0346. The number of hydrogen-bond acceptors (Lipinski definition) is 3. The Kier molecular flexibility index (Phi) is 6.70. The van der Waals surface area contributed by atoms with Crippen molar-refractivity contribution in [3.8, 4) is 0 Å². The first-order valence-electron chi connectivity index (χ1n) is 12.7. The van der Waals surface area contributed by atoms with Crippen LogP contribution in [0.25, 0.3) is 0 Å². The predicted octanol–water partition coefficient (Wildman–Crippen LogP) is 3.04. The molecule has 3 heterocycles. The minimum Gasteiger partial charge on any atom is -0.352 e. The molecule has 5 rings (SSSR count). The Morgan fingerprint density at radius 2 is 1.74 bits per heavy atom. The zero-order valence-corrected chi connectivity index (χ0v) is 19.6. The van der Waals surface area contributed by atoms with Gasteiger partial charge in [0.15, 0.2) is 0 Å². The van der Waals surface area contributed by atoms with Crippen molar-refractivity contribution in [3.63, 3.8) is 0 Å². The van der Waals surface area contributed by atoms with Crippen LogP contribution in [0.5, 0.6) is 0 Å². The number of carbonyl (C=O) groups is 2. The zero-order valence-electron chi connectivity index (χ0n) is 19.6. The lowest BCUT2D eigenvalue weighted by Gasteiger charge is -2.43. The van der Waals surface area contributed by atoms with Gasteiger partial charge >= 0.3 is 6.03 Å². The number of fused-ring (bicyclic) bond motifs is 4. The fourth-order valence-corrected chi connectivity index (χ4v) is 5.91. The normalized spacial score (nSPS) is 23.0. The number of pyridine rings is 1. The second-order valence-corrected chi connectivity index (χ2v) is 10.1. The molecule has 7 nitrogen and oxygen atoms in total. The van der Waals surface area contributed by atoms with Crippen molar-refractivity contribution >= 4 is 11.9 Å². The van der Waals surface area contributed by atoms with Gasteiger partial charge in [-0.15, -0.1) is 0 Å². The number of likely N-dealkylation sites (tertiary alicyclic amines) is 1. The zero-order chi connectivity index (χ0) is 23.5. The maximum absolute atomic E-state index is 13.4. The van der Waals surface area contributed by atoms with Crippen LogP contribution < -0.4 is 16.2 Å². The molecule has 2 fully saturated rings. The number of benzene rings is 1. The number of rotatable bonds is 5. The van der Waals surface area contributed by atoms with Crippen LogP contribution in [0.15, 0.2) is 53.3 Å². The molecular formula is C27H34N4O3. The van der Waals surface area contributed by atoms with E-state index in [9.17, 15) is 14.4 Å². The number of piperidine rings is 1. The van der Waals surface area contributed by atoms with Gasteiger partial charge in [-0.25, -0.2) is 4.79 Å². The monoisotopic (exact) mass is 462 g/mol. The number of carbonyl (C=O) groups excluding carboxylic acids is 2. The number of nitrogens with one attached hydrogen (secondary N) is 2. The van der Waals surface area contributed by atoms with Crippen molar-refractivity contribution < 1.29 is 9.59 Å². The van der Waals surface area contributed by atoms with Gasteiger partial charge in [0.2, 0.25) is 5.91 Å². The van der Waals surface area contributed by atoms with Crippen molar-refractivity contribution in [2.75, 3.05) is 13.1 Å². The fourth-order valence-electron chi connectivity index (χ4n) is 5.91. The molecule has 0 unspecified atom stereocenters. The maximum atomic E-state index is 13.4. The summed E-state index contributed by atoms with van der Waals surface area (Å²) in [4.78, 5) is 40.8. The highest BCUT2D eigenvalue weighted by Gasteiger charge is 2.37. The van der Waals surface area contributed by atoms with E-state index in [0.717, 1.165) is 43.4 Å². The van der Waals surface area contributed by atoms with Crippen LogP contribution in [0.4, 0.5) is 4.79 Å². The molecule has 3 atom stereocenters. The van der Waals surface area contributed by atoms with Crippen molar-refractivity contribution in [3.05, 3.63) is 70.1 Å². The van der Waals surface area contributed by atoms with Gasteiger partial charge in [-0.1, -0.05) is 55.7 Å². The first-order chi connectivity index (χ1) is 16.6. The molecule has 2 bridgehead atoms. The van der Waals surface area contributed by atoms with Crippen molar-refractivity contribution in [2.24, 2.45) is 5.92 Å². The van der Waals surface area contributed by atoms with Gasteiger partial charge in [-0.3, -0.25) is 9.59 Å². The summed E-state index contributed by atoms with van der Waals surface area (Å²) in [6.45, 7) is 1.81. The summed E-state index contributed by atoms with van der Waals surface area (Å²) in [7, 11) is 0. The largest absolute Gasteiger partial charge is 0.352 e. The quantitative estimate of drug-likeness (QED) is 0.717. The van der Waals surface area contributed by atoms with Crippen LogP contribution in [0.3, 0.4) is 0 Å². The van der Waals surface area contributed by atoms with E-state index in [2.05, 4.69) is 10.6 Å². The van der Waals surface area contributed by atoms with Gasteiger partial charge in [0.25, 0.3) is 5.56 Å². The van der Waals surface area contributed by atoms with Gasteiger partial charge < -0.3 is 20.1 Å². The Labute approximate surface area is 200 Å². The molecule has 2 N–H and O–H groups in total. The molecule has 7 heteroatoms. The second-order valence-electron chi connectivity index (χ2n) is 10.1. The molecule has 180 valence electrons. The Bertz CT molecular complexity index is 1080. The van der Waals surface area contributed by atoms with E-state index >= 15 is 0 Å². The van der Waals surface area contributed by atoms with Crippen LogP contribution in [-0.2, 0) is 17.8 Å². The van der Waals surface area contributed by atoms with E-state index in [0.29, 0.717) is 26.1 Å². The highest BCUT2D eigenvalue weighted by atomic mass is 16.2. The maximum Gasteiger partial charge on any atom is 0.318 e. The number of aromatic nitrogens is 1. The van der Waals surface area contributed by atoms with Gasteiger partial charge in [-0.2, -0.15) is 0 Å². The SMILES string of the molecule is O=C(NC1CCCCC1)[C@H](Cc1ccccc1)NC(=O)N1C[C@@H]2C[C@H](C1)c1cccc(=O)n1C2. The van der Waals surface area contributed by atoms with Crippen LogP contribution in [0.2, 0.25) is 0 Å². The van der Waals surface area contributed by atoms with Gasteiger partial charge in [-0.05, 0) is 36.8 Å². The summed E-state index contributed by atoms with van der Waals surface area (Å²) >= 11 is 0. The lowest BCUT2D eigenvalue weighted by Crippen LogP contribution is -2.57. The summed E-state index contributed by atoms with van der Waals surface area (Å²) < 4.78 is 1.86. The van der Waals surface area contributed by atoms with Gasteiger partial charge in [0.1, 0.15) is 6.04 Å². The molecule has 3 aliphatic rings. The average Bonchev–Trinajstić information content (AvgIpc) is 2.85. The number of nitrogens with zero attached hydrogens (tertiary/aromatic N) is 2. The lowest BCUT2D eigenvalue weighted by molar-refractivity contribution is -0.123. The average molecular weight is 463 g/mol. The highest BCUT2D eigenvalue weighted by molar-refractivity contribution is 5.87. The number of urea groups is 1. The molecule has 2 aromatic rings. The smallest absolute Gasteiger partial charge is 0.318 e. The topological polar surface area (TPSA) is 83.4 Å². The van der Waals surface area contributed by atoms with E-state index in [4.69, 9.17) is 0 Å². The third-order valence-corrected chi connectivity index (χ3v) is 7.62. The highest BCUT2D eigenvalue weighted by Crippen LogP contribution is 2.34. The van der Waals surface area contributed by atoms with E-state index in [1.807, 2.05) is 45.9 Å². The molecule has 1 saturated heterocycles. The molecule has 3 amide bonds. The van der Waals surface area contributed by atoms with Gasteiger partial charge in [0.05, 0.1) is 0 Å². The molecule has 0 spiro atoms. The minimum atomic E-state index is -0.617. The Morgan fingerprint density at radius 3 is 2.53 bits per heavy atom. The Morgan fingerprint density at radius 1 is 0.941 bits per heavy atom. The van der Waals surface area contributed by atoms with Crippen molar-refractivity contribution in [1.82, 2.24) is 20.1 Å². The van der Waals surface area contributed by atoms with Crippen LogP contribution in [0, 0.1) is 5.92 Å². The molecule has 0 radical (unpaired) electrons. The second kappa shape index (κ2) is 10.0. The van der Waals surface area contributed by atoms with Crippen molar-refractivity contribution in [2.45, 2.75) is 69.5 Å². The standard InChI is InChI=1S/C27H34N4O3/c32-25-13-7-12-24-21-14-20(17-31(24)25)16-30(18-21)27(34)29-23(15-19-8-3-1-4-9-19)26(33)28-22-10-5-2-6-11-22/h1,3-4,7-9,12-13,20-23H,2,5-6,10-11,14-18H2,(H,28,33)(H,29,34)/t20-,21+,23-/m0/s1. The van der Waals surface area contributed by atoms with Crippen LogP contribution >= 0.6 is 0 Å². The fraction of sp³-hybridized carbons (Fsp3) is 0.519. The summed E-state index contributed by atoms with van der Waals surface area (Å²) in [6, 6.07) is 14.6. The van der Waals surface area contributed by atoms with E-state index in [-0.39, 0.29) is 35.4 Å². The predicted molar refractivity (Wildman–Crippen MR) is 131 cm³/mol. The van der Waals surface area contributed by atoms with E-state index < -0.39 is 6.04 Å². The first-order valence-corrected chi connectivity index (χ1v) is 12.7. The first kappa shape index (κ1) is 22.7. The molecular weight excluding hydrogens is 428 g/mol. The number of hydrogen-bond donors (Lipinski definition) is 2. The molecule has 1 aromatic heterocycles. The third kappa shape index (κ3) is 5.03. The number of amides is 3. The molecule has 2 aliphatic heterocycles. The summed E-state index contributed by atoms with van der Waals surface area (Å²) in [5.74, 6) is 0.301. The van der Waals surface area contributed by atoms with Gasteiger partial charge in [0, 0.05) is 49.8 Å². The van der Waals surface area contributed by atoms with E-state index in [1.54, 1.807) is 12.1 Å². The Hall–Kier alpha value is -3.09. The summed E-state index contributed by atoms with van der Waals surface area (Å²) in [5.41, 5.74) is 2.07. The molecule has 1 aromatic carbocycles.